The van der Waals surface area contributed by atoms with Crippen LogP contribution in [0.1, 0.15) is 12.0 Å². The van der Waals surface area contributed by atoms with Crippen LogP contribution >= 0.6 is 0 Å². The SMILES string of the molecule is COC(=O)C(CC=C=Cc1ccc(OC)cc1)C(=O)OC. The highest BCUT2D eigenvalue weighted by Crippen LogP contribution is 2.12. The second-order valence-corrected chi connectivity index (χ2v) is 4.12. The molecule has 0 unspecified atom stereocenters. The summed E-state index contributed by atoms with van der Waals surface area (Å²) in [7, 11) is 4.06. The number of esters is 2. The van der Waals surface area contributed by atoms with Gasteiger partial charge in [0.05, 0.1) is 21.3 Å². The molecule has 0 N–H and O–H groups in total. The Labute approximate surface area is 123 Å². The minimum Gasteiger partial charge on any atom is -0.497 e. The van der Waals surface area contributed by atoms with Crippen molar-refractivity contribution >= 4 is 18.0 Å². The molecule has 0 atom stereocenters. The molecule has 0 aliphatic carbocycles. The maximum Gasteiger partial charge on any atom is 0.320 e. The van der Waals surface area contributed by atoms with Crippen molar-refractivity contribution in [2.45, 2.75) is 6.42 Å². The lowest BCUT2D eigenvalue weighted by Gasteiger charge is -2.08. The average molecular weight is 290 g/mol. The molecule has 0 bridgehead atoms. The molecule has 1 rings (SSSR count). The van der Waals surface area contributed by atoms with E-state index in [9.17, 15) is 9.59 Å². The fourth-order valence-corrected chi connectivity index (χ4v) is 1.61. The van der Waals surface area contributed by atoms with Gasteiger partial charge in [-0.1, -0.05) is 12.1 Å². The van der Waals surface area contributed by atoms with E-state index in [-0.39, 0.29) is 6.42 Å². The van der Waals surface area contributed by atoms with Gasteiger partial charge in [-0.25, -0.2) is 0 Å². The smallest absolute Gasteiger partial charge is 0.320 e. The number of hydrogen-bond acceptors (Lipinski definition) is 5. The Morgan fingerprint density at radius 3 is 2.14 bits per heavy atom. The molecule has 5 heteroatoms. The van der Waals surface area contributed by atoms with E-state index in [4.69, 9.17) is 4.74 Å². The van der Waals surface area contributed by atoms with Gasteiger partial charge in [0.25, 0.3) is 0 Å². The van der Waals surface area contributed by atoms with Crippen LogP contribution in [-0.4, -0.2) is 33.3 Å². The number of carbonyl (C=O) groups excluding carboxylic acids is 2. The number of ether oxygens (including phenoxy) is 3. The van der Waals surface area contributed by atoms with Crippen molar-refractivity contribution in [1.82, 2.24) is 0 Å². The van der Waals surface area contributed by atoms with Crippen molar-refractivity contribution in [2.24, 2.45) is 5.92 Å². The van der Waals surface area contributed by atoms with Gasteiger partial charge in [-0.05, 0) is 36.3 Å². The predicted molar refractivity (Wildman–Crippen MR) is 77.7 cm³/mol. The summed E-state index contributed by atoms with van der Waals surface area (Å²) in [5, 5.41) is 0. The second-order valence-electron chi connectivity index (χ2n) is 4.12. The molecule has 1 aromatic rings. The van der Waals surface area contributed by atoms with Crippen LogP contribution < -0.4 is 4.74 Å². The van der Waals surface area contributed by atoms with Gasteiger partial charge in [-0.15, -0.1) is 5.73 Å². The quantitative estimate of drug-likeness (QED) is 0.456. The van der Waals surface area contributed by atoms with E-state index in [1.807, 2.05) is 24.3 Å². The van der Waals surface area contributed by atoms with Gasteiger partial charge in [-0.3, -0.25) is 9.59 Å². The lowest BCUT2D eigenvalue weighted by molar-refractivity contribution is -0.158. The molecule has 0 saturated carbocycles. The molecular weight excluding hydrogens is 272 g/mol. The number of benzene rings is 1. The highest BCUT2D eigenvalue weighted by molar-refractivity contribution is 5.94. The summed E-state index contributed by atoms with van der Waals surface area (Å²) in [5.41, 5.74) is 3.85. The fourth-order valence-electron chi connectivity index (χ4n) is 1.61. The fraction of sp³-hybridized carbons (Fsp3) is 0.312. The van der Waals surface area contributed by atoms with Crippen molar-refractivity contribution in [1.29, 1.82) is 0 Å². The summed E-state index contributed by atoms with van der Waals surface area (Å²) in [6, 6.07) is 7.41. The largest absolute Gasteiger partial charge is 0.497 e. The van der Waals surface area contributed by atoms with Gasteiger partial charge >= 0.3 is 11.9 Å². The normalized spacial score (nSPS) is 9.52. The number of carbonyl (C=O) groups is 2. The summed E-state index contributed by atoms with van der Waals surface area (Å²) in [6.07, 6.45) is 3.51. The number of rotatable bonds is 6. The molecule has 1 aromatic carbocycles. The van der Waals surface area contributed by atoms with Crippen molar-refractivity contribution in [3.63, 3.8) is 0 Å². The van der Waals surface area contributed by atoms with Crippen molar-refractivity contribution in [3.8, 4) is 5.75 Å². The number of hydrogen-bond donors (Lipinski definition) is 0. The molecule has 0 aliphatic heterocycles. The molecule has 0 heterocycles. The molecule has 21 heavy (non-hydrogen) atoms. The summed E-state index contributed by atoms with van der Waals surface area (Å²) in [5.74, 6) is -1.43. The van der Waals surface area contributed by atoms with Gasteiger partial charge in [0.15, 0.2) is 5.92 Å². The van der Waals surface area contributed by atoms with Crippen LogP contribution in [0.15, 0.2) is 36.1 Å². The van der Waals surface area contributed by atoms with Crippen LogP contribution in [0.2, 0.25) is 0 Å². The third-order valence-electron chi connectivity index (χ3n) is 2.81. The zero-order chi connectivity index (χ0) is 15.7. The molecule has 0 spiro atoms. The lowest BCUT2D eigenvalue weighted by atomic mass is 10.1. The molecule has 0 fully saturated rings. The monoisotopic (exact) mass is 290 g/mol. The van der Waals surface area contributed by atoms with E-state index in [1.165, 1.54) is 14.2 Å². The first kappa shape index (κ1) is 16.5. The minimum atomic E-state index is -0.961. The lowest BCUT2D eigenvalue weighted by Crippen LogP contribution is -2.25. The van der Waals surface area contributed by atoms with E-state index < -0.39 is 17.9 Å². The first-order chi connectivity index (χ1) is 10.1. The molecule has 0 radical (unpaired) electrons. The third-order valence-corrected chi connectivity index (χ3v) is 2.81. The van der Waals surface area contributed by atoms with E-state index in [1.54, 1.807) is 19.3 Å². The summed E-state index contributed by atoms with van der Waals surface area (Å²) < 4.78 is 14.2. The first-order valence-corrected chi connectivity index (χ1v) is 6.33. The van der Waals surface area contributed by atoms with E-state index >= 15 is 0 Å². The first-order valence-electron chi connectivity index (χ1n) is 6.33. The zero-order valence-corrected chi connectivity index (χ0v) is 12.3. The summed E-state index contributed by atoms with van der Waals surface area (Å²) >= 11 is 0. The molecule has 0 saturated heterocycles. The maximum absolute atomic E-state index is 11.5. The zero-order valence-electron chi connectivity index (χ0n) is 12.3. The van der Waals surface area contributed by atoms with Crippen LogP contribution in [0.3, 0.4) is 0 Å². The number of methoxy groups -OCH3 is 3. The Morgan fingerprint density at radius 1 is 1.10 bits per heavy atom. The van der Waals surface area contributed by atoms with Gasteiger partial charge in [0, 0.05) is 0 Å². The maximum atomic E-state index is 11.5. The van der Waals surface area contributed by atoms with E-state index in [0.717, 1.165) is 11.3 Å². The Bertz CT molecular complexity index is 522. The Balaban J connectivity index is 2.71. The van der Waals surface area contributed by atoms with Crippen molar-refractivity contribution < 1.29 is 23.8 Å². The minimum absolute atomic E-state index is 0.173. The van der Waals surface area contributed by atoms with Crippen molar-refractivity contribution in [3.05, 3.63) is 41.6 Å². The van der Waals surface area contributed by atoms with Crippen molar-refractivity contribution in [2.75, 3.05) is 21.3 Å². The molecule has 0 aromatic heterocycles. The van der Waals surface area contributed by atoms with Gasteiger partial charge in [0.2, 0.25) is 0 Å². The van der Waals surface area contributed by atoms with Crippen LogP contribution in [0, 0.1) is 5.92 Å². The molecule has 5 nitrogen and oxygen atoms in total. The van der Waals surface area contributed by atoms with Gasteiger partial charge in [0.1, 0.15) is 5.75 Å². The summed E-state index contributed by atoms with van der Waals surface area (Å²) in [4.78, 5) is 22.9. The van der Waals surface area contributed by atoms with E-state index in [2.05, 4.69) is 15.2 Å². The Hall–Kier alpha value is -2.52. The van der Waals surface area contributed by atoms with Crippen LogP contribution in [0.5, 0.6) is 5.75 Å². The third kappa shape index (κ3) is 5.16. The van der Waals surface area contributed by atoms with Crippen LogP contribution in [0.4, 0.5) is 0 Å². The molecule has 0 amide bonds. The Kier molecular flexibility index (Phi) is 6.78. The average Bonchev–Trinajstić information content (AvgIpc) is 2.54. The molecule has 0 aliphatic rings. The standard InChI is InChI=1S/C16H18O5/c1-19-13-10-8-12(9-11-13)6-4-5-7-14(15(17)20-2)16(18)21-3/h5-6,8-11,14H,7H2,1-3H3. The van der Waals surface area contributed by atoms with Gasteiger partial charge < -0.3 is 14.2 Å². The number of allylic oxidation sites excluding steroid dienone is 1. The second kappa shape index (κ2) is 8.61. The van der Waals surface area contributed by atoms with Crippen LogP contribution in [0.25, 0.3) is 6.08 Å². The topological polar surface area (TPSA) is 61.8 Å². The Morgan fingerprint density at radius 2 is 1.67 bits per heavy atom. The highest BCUT2D eigenvalue weighted by Gasteiger charge is 2.26. The van der Waals surface area contributed by atoms with Gasteiger partial charge in [-0.2, -0.15) is 0 Å². The van der Waals surface area contributed by atoms with E-state index in [0.29, 0.717) is 0 Å². The highest BCUT2D eigenvalue weighted by atomic mass is 16.5. The molecule has 112 valence electrons. The van der Waals surface area contributed by atoms with Crippen LogP contribution in [-0.2, 0) is 19.1 Å². The summed E-state index contributed by atoms with van der Waals surface area (Å²) in [6.45, 7) is 0. The molecular formula is C16H18O5. The predicted octanol–water partition coefficient (Wildman–Crippen LogP) is 2.22.